The normalized spacial score (nSPS) is 14.3. The predicted molar refractivity (Wildman–Crippen MR) is 93.6 cm³/mol. The molecule has 0 aliphatic carbocycles. The number of aromatic amines is 1. The van der Waals surface area contributed by atoms with Crippen LogP contribution in [0.5, 0.6) is 0 Å². The maximum atomic E-state index is 12.7. The Labute approximate surface area is 151 Å². The van der Waals surface area contributed by atoms with Gasteiger partial charge < -0.3 is 24.6 Å². The number of morpholine rings is 1. The molecule has 0 unspecified atom stereocenters. The Bertz CT molecular complexity index is 724. The first-order valence-corrected chi connectivity index (χ1v) is 8.54. The molecule has 1 fully saturated rings. The zero-order chi connectivity index (χ0) is 18.4. The minimum atomic E-state index is -0.221. The molecule has 1 saturated heterocycles. The largest absolute Gasteiger partial charge is 0.395 e. The number of carbonyl (C=O) groups is 2. The number of hydrogen-bond donors (Lipinski definition) is 2. The van der Waals surface area contributed by atoms with E-state index in [0.29, 0.717) is 43.3 Å². The van der Waals surface area contributed by atoms with Gasteiger partial charge in [-0.1, -0.05) is 0 Å². The second-order valence-electron chi connectivity index (χ2n) is 5.97. The molecule has 26 heavy (non-hydrogen) atoms. The number of rotatable bonds is 6. The number of aromatic nitrogens is 2. The van der Waals surface area contributed by atoms with Gasteiger partial charge in [0.2, 0.25) is 0 Å². The monoisotopic (exact) mass is 358 g/mol. The molecule has 0 bridgehead atoms. The molecule has 2 heterocycles. The van der Waals surface area contributed by atoms with Crippen LogP contribution in [0.4, 0.5) is 0 Å². The average Bonchev–Trinajstić information content (AvgIpc) is 3.20. The number of benzene rings is 1. The number of nitrogens with zero attached hydrogens (tertiary/aromatic N) is 3. The quantitative estimate of drug-likeness (QED) is 0.784. The molecule has 1 aliphatic rings. The van der Waals surface area contributed by atoms with Crippen molar-refractivity contribution in [2.45, 2.75) is 6.54 Å². The summed E-state index contributed by atoms with van der Waals surface area (Å²) >= 11 is 0. The first-order chi connectivity index (χ1) is 12.7. The van der Waals surface area contributed by atoms with E-state index in [1.165, 1.54) is 4.90 Å². The number of hydrogen-bond acceptors (Lipinski definition) is 5. The lowest BCUT2D eigenvalue weighted by molar-refractivity contribution is 0.0303. The van der Waals surface area contributed by atoms with Gasteiger partial charge in [-0.25, -0.2) is 4.98 Å². The van der Waals surface area contributed by atoms with Gasteiger partial charge in [-0.3, -0.25) is 9.59 Å². The number of imidazole rings is 1. The Morgan fingerprint density at radius 1 is 1.19 bits per heavy atom. The molecule has 8 heteroatoms. The van der Waals surface area contributed by atoms with Gasteiger partial charge in [0, 0.05) is 43.2 Å². The lowest BCUT2D eigenvalue weighted by Gasteiger charge is -2.27. The second kappa shape index (κ2) is 8.59. The topological polar surface area (TPSA) is 98.8 Å². The molecular formula is C18H22N4O4. The van der Waals surface area contributed by atoms with E-state index in [-0.39, 0.29) is 31.5 Å². The highest BCUT2D eigenvalue weighted by atomic mass is 16.5. The maximum Gasteiger partial charge on any atom is 0.254 e. The van der Waals surface area contributed by atoms with Crippen LogP contribution in [0.2, 0.25) is 0 Å². The number of ether oxygens (including phenoxy) is 1. The molecule has 1 aromatic carbocycles. The Kier molecular flexibility index (Phi) is 5.98. The van der Waals surface area contributed by atoms with Crippen LogP contribution < -0.4 is 0 Å². The molecule has 1 aromatic heterocycles. The van der Waals surface area contributed by atoms with Crippen LogP contribution in [0.1, 0.15) is 26.5 Å². The summed E-state index contributed by atoms with van der Waals surface area (Å²) in [6.07, 6.45) is 3.30. The van der Waals surface area contributed by atoms with Crippen LogP contribution in [-0.4, -0.2) is 76.1 Å². The number of amides is 2. The SMILES string of the molecule is O=C(c1ccc(C(=O)N(CCO)Cc2ncc[nH]2)cc1)N1CCOCC1. The van der Waals surface area contributed by atoms with Crippen molar-refractivity contribution in [3.05, 3.63) is 53.6 Å². The van der Waals surface area contributed by atoms with Crippen LogP contribution in [0.25, 0.3) is 0 Å². The van der Waals surface area contributed by atoms with Crippen LogP contribution in [0, 0.1) is 0 Å². The first-order valence-electron chi connectivity index (χ1n) is 8.54. The molecule has 8 nitrogen and oxygen atoms in total. The number of aliphatic hydroxyl groups is 1. The molecule has 2 amide bonds. The third-order valence-electron chi connectivity index (χ3n) is 4.23. The summed E-state index contributed by atoms with van der Waals surface area (Å²) in [4.78, 5) is 35.5. The van der Waals surface area contributed by atoms with E-state index in [1.54, 1.807) is 41.6 Å². The number of aliphatic hydroxyl groups excluding tert-OH is 1. The highest BCUT2D eigenvalue weighted by Gasteiger charge is 2.20. The minimum Gasteiger partial charge on any atom is -0.395 e. The summed E-state index contributed by atoms with van der Waals surface area (Å²) in [5.74, 6) is 0.363. The molecule has 2 N–H and O–H groups in total. The summed E-state index contributed by atoms with van der Waals surface area (Å²) in [6, 6.07) is 6.61. The zero-order valence-corrected chi connectivity index (χ0v) is 14.4. The van der Waals surface area contributed by atoms with Crippen LogP contribution in [0.15, 0.2) is 36.7 Å². The minimum absolute atomic E-state index is 0.0601. The summed E-state index contributed by atoms with van der Waals surface area (Å²) in [5.41, 5.74) is 1.01. The molecule has 0 spiro atoms. The van der Waals surface area contributed by atoms with Gasteiger partial charge in [0.15, 0.2) is 0 Å². The predicted octanol–water partition coefficient (Wildman–Crippen LogP) is 0.517. The van der Waals surface area contributed by atoms with Crippen molar-refractivity contribution in [2.75, 3.05) is 39.5 Å². The van der Waals surface area contributed by atoms with E-state index in [9.17, 15) is 14.7 Å². The van der Waals surface area contributed by atoms with E-state index in [1.807, 2.05) is 0 Å². The van der Waals surface area contributed by atoms with Crippen molar-refractivity contribution in [1.82, 2.24) is 19.8 Å². The molecule has 0 saturated carbocycles. The van der Waals surface area contributed by atoms with Crippen molar-refractivity contribution >= 4 is 11.8 Å². The van der Waals surface area contributed by atoms with E-state index >= 15 is 0 Å². The van der Waals surface area contributed by atoms with Crippen molar-refractivity contribution in [2.24, 2.45) is 0 Å². The van der Waals surface area contributed by atoms with E-state index in [0.717, 1.165) is 0 Å². The molecule has 3 rings (SSSR count). The standard InChI is InChI=1S/C18H22N4O4/c23-10-7-22(13-16-19-5-6-20-16)18(25)15-3-1-14(2-4-15)17(24)21-8-11-26-12-9-21/h1-6,23H,7-13H2,(H,19,20). The highest BCUT2D eigenvalue weighted by Crippen LogP contribution is 2.12. The molecule has 0 radical (unpaired) electrons. The lowest BCUT2D eigenvalue weighted by atomic mass is 10.1. The zero-order valence-electron chi connectivity index (χ0n) is 14.4. The number of carbonyl (C=O) groups excluding carboxylic acids is 2. The Morgan fingerprint density at radius 3 is 2.50 bits per heavy atom. The molecule has 138 valence electrons. The van der Waals surface area contributed by atoms with Gasteiger partial charge in [0.1, 0.15) is 5.82 Å². The summed E-state index contributed by atoms with van der Waals surface area (Å²) in [7, 11) is 0. The third-order valence-corrected chi connectivity index (χ3v) is 4.23. The summed E-state index contributed by atoms with van der Waals surface area (Å²) < 4.78 is 5.26. The smallest absolute Gasteiger partial charge is 0.254 e. The maximum absolute atomic E-state index is 12.7. The molecular weight excluding hydrogens is 336 g/mol. The van der Waals surface area contributed by atoms with Gasteiger partial charge in [0.05, 0.1) is 26.4 Å². The fourth-order valence-corrected chi connectivity index (χ4v) is 2.83. The van der Waals surface area contributed by atoms with Crippen LogP contribution in [0.3, 0.4) is 0 Å². The Hall–Kier alpha value is -2.71. The Balaban J connectivity index is 1.69. The molecule has 1 aliphatic heterocycles. The average molecular weight is 358 g/mol. The van der Waals surface area contributed by atoms with Crippen LogP contribution >= 0.6 is 0 Å². The van der Waals surface area contributed by atoms with Gasteiger partial charge in [-0.2, -0.15) is 0 Å². The fourth-order valence-electron chi connectivity index (χ4n) is 2.83. The highest BCUT2D eigenvalue weighted by molar-refractivity contribution is 5.97. The summed E-state index contributed by atoms with van der Waals surface area (Å²) in [5, 5.41) is 9.24. The first kappa shape index (κ1) is 18.1. The van der Waals surface area contributed by atoms with E-state index < -0.39 is 0 Å². The van der Waals surface area contributed by atoms with Gasteiger partial charge >= 0.3 is 0 Å². The summed E-state index contributed by atoms with van der Waals surface area (Å²) in [6.45, 7) is 2.59. The van der Waals surface area contributed by atoms with Gasteiger partial charge in [-0.05, 0) is 24.3 Å². The van der Waals surface area contributed by atoms with Crippen molar-refractivity contribution in [3.63, 3.8) is 0 Å². The van der Waals surface area contributed by atoms with E-state index in [2.05, 4.69) is 9.97 Å². The third kappa shape index (κ3) is 4.27. The van der Waals surface area contributed by atoms with Gasteiger partial charge in [0.25, 0.3) is 11.8 Å². The number of H-pyrrole nitrogens is 1. The fraction of sp³-hybridized carbons (Fsp3) is 0.389. The van der Waals surface area contributed by atoms with Gasteiger partial charge in [-0.15, -0.1) is 0 Å². The Morgan fingerprint density at radius 2 is 1.88 bits per heavy atom. The van der Waals surface area contributed by atoms with Crippen LogP contribution in [-0.2, 0) is 11.3 Å². The van der Waals surface area contributed by atoms with E-state index in [4.69, 9.17) is 4.74 Å². The number of nitrogens with one attached hydrogen (secondary N) is 1. The molecule has 0 atom stereocenters. The van der Waals surface area contributed by atoms with Crippen molar-refractivity contribution in [3.8, 4) is 0 Å². The van der Waals surface area contributed by atoms with Crippen molar-refractivity contribution in [1.29, 1.82) is 0 Å². The van der Waals surface area contributed by atoms with Crippen molar-refractivity contribution < 1.29 is 19.4 Å². The molecule has 2 aromatic rings. The second-order valence-corrected chi connectivity index (χ2v) is 5.97. The lowest BCUT2D eigenvalue weighted by Crippen LogP contribution is -2.40.